The van der Waals surface area contributed by atoms with Gasteiger partial charge in [0.05, 0.1) is 18.2 Å². The molecule has 0 aliphatic heterocycles. The Morgan fingerprint density at radius 3 is 2.88 bits per heavy atom. The standard InChI is InChI=1S/C18H18BrN3OS/c19-14-6-4-5-13(9-14)17-21-15(11-24-17)10-16(23)22-18(12-20)7-2-1-3-8-18/h4-6,9,11H,1-3,7-8,10H2,(H,22,23). The predicted molar refractivity (Wildman–Crippen MR) is 98.5 cm³/mol. The minimum absolute atomic E-state index is 0.121. The average molecular weight is 404 g/mol. The minimum atomic E-state index is -0.682. The van der Waals surface area contributed by atoms with E-state index in [9.17, 15) is 10.1 Å². The lowest BCUT2D eigenvalue weighted by molar-refractivity contribution is -0.122. The molecule has 124 valence electrons. The molecule has 0 saturated heterocycles. The van der Waals surface area contributed by atoms with Crippen LogP contribution in [0.2, 0.25) is 0 Å². The summed E-state index contributed by atoms with van der Waals surface area (Å²) in [6.45, 7) is 0. The van der Waals surface area contributed by atoms with Crippen LogP contribution in [0.4, 0.5) is 0 Å². The van der Waals surface area contributed by atoms with Crippen LogP contribution in [-0.4, -0.2) is 16.4 Å². The lowest BCUT2D eigenvalue weighted by Gasteiger charge is -2.31. The van der Waals surface area contributed by atoms with E-state index < -0.39 is 5.54 Å². The predicted octanol–water partition coefficient (Wildman–Crippen LogP) is 4.46. The van der Waals surface area contributed by atoms with E-state index in [-0.39, 0.29) is 12.3 Å². The average Bonchev–Trinajstić information content (AvgIpc) is 3.04. The number of aromatic nitrogens is 1. The molecule has 1 aromatic heterocycles. The van der Waals surface area contributed by atoms with Crippen LogP contribution in [0.15, 0.2) is 34.1 Å². The van der Waals surface area contributed by atoms with Crippen molar-refractivity contribution in [3.05, 3.63) is 39.8 Å². The molecule has 0 bridgehead atoms. The molecule has 4 nitrogen and oxygen atoms in total. The Labute approximate surface area is 154 Å². The molecular weight excluding hydrogens is 386 g/mol. The summed E-state index contributed by atoms with van der Waals surface area (Å²) in [6.07, 6.45) is 4.84. The zero-order valence-electron chi connectivity index (χ0n) is 13.2. The monoisotopic (exact) mass is 403 g/mol. The number of halogens is 1. The van der Waals surface area contributed by atoms with Crippen LogP contribution >= 0.6 is 27.3 Å². The number of thiazole rings is 1. The number of hydrogen-bond acceptors (Lipinski definition) is 4. The number of nitriles is 1. The topological polar surface area (TPSA) is 65.8 Å². The highest BCUT2D eigenvalue weighted by Gasteiger charge is 2.33. The first-order valence-corrected chi connectivity index (χ1v) is 9.70. The molecule has 6 heteroatoms. The molecule has 1 heterocycles. The van der Waals surface area contributed by atoms with E-state index in [2.05, 4.69) is 32.3 Å². The quantitative estimate of drug-likeness (QED) is 0.819. The van der Waals surface area contributed by atoms with Crippen molar-refractivity contribution in [2.75, 3.05) is 0 Å². The summed E-state index contributed by atoms with van der Waals surface area (Å²) in [5.41, 5.74) is 1.09. The lowest BCUT2D eigenvalue weighted by atomic mass is 9.83. The molecule has 2 aromatic rings. The van der Waals surface area contributed by atoms with Gasteiger partial charge in [-0.2, -0.15) is 5.26 Å². The van der Waals surface area contributed by atoms with Gasteiger partial charge in [-0.3, -0.25) is 4.79 Å². The lowest BCUT2D eigenvalue weighted by Crippen LogP contribution is -2.49. The van der Waals surface area contributed by atoms with E-state index in [1.807, 2.05) is 29.6 Å². The summed E-state index contributed by atoms with van der Waals surface area (Å²) in [6, 6.07) is 10.3. The van der Waals surface area contributed by atoms with Gasteiger partial charge in [0.2, 0.25) is 5.91 Å². The largest absolute Gasteiger partial charge is 0.337 e. The molecule has 24 heavy (non-hydrogen) atoms. The molecule has 1 aromatic carbocycles. The summed E-state index contributed by atoms with van der Waals surface area (Å²) >= 11 is 4.98. The molecule has 3 rings (SSSR count). The molecule has 1 fully saturated rings. The van der Waals surface area contributed by atoms with E-state index in [1.54, 1.807) is 0 Å². The first-order chi connectivity index (χ1) is 11.6. The third-order valence-electron chi connectivity index (χ3n) is 4.26. The minimum Gasteiger partial charge on any atom is -0.337 e. The Morgan fingerprint density at radius 2 is 2.17 bits per heavy atom. The second-order valence-electron chi connectivity index (χ2n) is 6.13. The fourth-order valence-corrected chi connectivity index (χ4v) is 4.25. The number of carbonyl (C=O) groups excluding carboxylic acids is 1. The molecule has 0 unspecified atom stereocenters. The van der Waals surface area contributed by atoms with E-state index >= 15 is 0 Å². The van der Waals surface area contributed by atoms with Gasteiger partial charge in [0, 0.05) is 15.4 Å². The van der Waals surface area contributed by atoms with Crippen LogP contribution in [0.1, 0.15) is 37.8 Å². The summed E-state index contributed by atoms with van der Waals surface area (Å²) in [5.74, 6) is -0.121. The summed E-state index contributed by atoms with van der Waals surface area (Å²) in [7, 11) is 0. The molecule has 1 N–H and O–H groups in total. The van der Waals surface area contributed by atoms with Crippen LogP contribution in [0.25, 0.3) is 10.6 Å². The highest BCUT2D eigenvalue weighted by molar-refractivity contribution is 9.10. The Kier molecular flexibility index (Phi) is 5.32. The summed E-state index contributed by atoms with van der Waals surface area (Å²) in [4.78, 5) is 16.9. The maximum Gasteiger partial charge on any atom is 0.227 e. The maximum absolute atomic E-state index is 12.3. The highest BCUT2D eigenvalue weighted by atomic mass is 79.9. The van der Waals surface area contributed by atoms with Gasteiger partial charge in [0.25, 0.3) is 0 Å². The third kappa shape index (κ3) is 4.03. The van der Waals surface area contributed by atoms with Crippen LogP contribution in [0, 0.1) is 11.3 Å². The van der Waals surface area contributed by atoms with Gasteiger partial charge in [-0.05, 0) is 25.0 Å². The van der Waals surface area contributed by atoms with Crippen LogP contribution in [0.3, 0.4) is 0 Å². The first-order valence-electron chi connectivity index (χ1n) is 8.03. The fourth-order valence-electron chi connectivity index (χ4n) is 3.04. The van der Waals surface area contributed by atoms with Gasteiger partial charge in [0.15, 0.2) is 0 Å². The van der Waals surface area contributed by atoms with Crippen molar-refractivity contribution in [2.45, 2.75) is 44.1 Å². The fraction of sp³-hybridized carbons (Fsp3) is 0.389. The van der Waals surface area contributed by atoms with Crippen LogP contribution in [0.5, 0.6) is 0 Å². The van der Waals surface area contributed by atoms with Crippen LogP contribution < -0.4 is 5.32 Å². The van der Waals surface area contributed by atoms with E-state index in [1.165, 1.54) is 11.3 Å². The van der Waals surface area contributed by atoms with Gasteiger partial charge in [-0.15, -0.1) is 11.3 Å². The van der Waals surface area contributed by atoms with Gasteiger partial charge in [-0.1, -0.05) is 47.3 Å². The SMILES string of the molecule is N#CC1(NC(=O)Cc2csc(-c3cccc(Br)c3)n2)CCCCC1. The zero-order valence-corrected chi connectivity index (χ0v) is 15.6. The first kappa shape index (κ1) is 17.1. The Morgan fingerprint density at radius 1 is 1.38 bits per heavy atom. The molecule has 1 aliphatic rings. The van der Waals surface area contributed by atoms with E-state index in [0.717, 1.165) is 52.8 Å². The normalized spacial score (nSPS) is 16.3. The van der Waals surface area contributed by atoms with Crippen molar-refractivity contribution in [1.82, 2.24) is 10.3 Å². The van der Waals surface area contributed by atoms with Crippen molar-refractivity contribution in [3.63, 3.8) is 0 Å². The number of rotatable bonds is 4. The zero-order chi connectivity index (χ0) is 17.0. The van der Waals surface area contributed by atoms with Crippen molar-refractivity contribution in [3.8, 4) is 16.6 Å². The van der Waals surface area contributed by atoms with Crippen molar-refractivity contribution in [1.29, 1.82) is 5.26 Å². The van der Waals surface area contributed by atoms with Gasteiger partial charge < -0.3 is 5.32 Å². The van der Waals surface area contributed by atoms with E-state index in [4.69, 9.17) is 0 Å². The smallest absolute Gasteiger partial charge is 0.227 e. The second-order valence-corrected chi connectivity index (χ2v) is 7.91. The van der Waals surface area contributed by atoms with Crippen molar-refractivity contribution in [2.24, 2.45) is 0 Å². The highest BCUT2D eigenvalue weighted by Crippen LogP contribution is 2.28. The summed E-state index contributed by atoms with van der Waals surface area (Å²) < 4.78 is 1.00. The summed E-state index contributed by atoms with van der Waals surface area (Å²) in [5, 5.41) is 15.2. The molecule has 0 radical (unpaired) electrons. The van der Waals surface area contributed by atoms with Gasteiger partial charge in [-0.25, -0.2) is 4.98 Å². The van der Waals surface area contributed by atoms with Crippen LogP contribution in [-0.2, 0) is 11.2 Å². The number of amides is 1. The number of benzene rings is 1. The van der Waals surface area contributed by atoms with Crippen molar-refractivity contribution < 1.29 is 4.79 Å². The molecule has 1 amide bonds. The van der Waals surface area contributed by atoms with Gasteiger partial charge >= 0.3 is 0 Å². The Bertz CT molecular complexity index is 775. The van der Waals surface area contributed by atoms with Gasteiger partial charge in [0.1, 0.15) is 10.5 Å². The molecule has 0 atom stereocenters. The Balaban J connectivity index is 1.66. The molecular formula is C18H18BrN3OS. The van der Waals surface area contributed by atoms with Crippen molar-refractivity contribution >= 4 is 33.2 Å². The van der Waals surface area contributed by atoms with E-state index in [0.29, 0.717) is 0 Å². The molecule has 1 aliphatic carbocycles. The molecule has 1 saturated carbocycles. The third-order valence-corrected chi connectivity index (χ3v) is 5.70. The maximum atomic E-state index is 12.3. The second kappa shape index (κ2) is 7.45. The number of nitrogens with zero attached hydrogens (tertiary/aromatic N) is 2. The molecule has 0 spiro atoms. The number of nitrogens with one attached hydrogen (secondary N) is 1. The number of carbonyl (C=O) groups is 1. The number of hydrogen-bond donors (Lipinski definition) is 1. The Hall–Kier alpha value is -1.71.